The van der Waals surface area contributed by atoms with Crippen LogP contribution in [0.3, 0.4) is 0 Å². The average molecular weight is 844 g/mol. The molecule has 0 radical (unpaired) electrons. The molecule has 1 fully saturated rings. The third-order valence-corrected chi connectivity index (χ3v) is 15.5. The number of fused-ring (bicyclic) bond motifs is 10. The molecule has 12 aromatic rings. The number of hydrogen-bond acceptors (Lipinski definition) is 4. The zero-order chi connectivity index (χ0) is 41.4. The maximum Gasteiger partial charge on any atom is 0.0815 e. The van der Waals surface area contributed by atoms with Crippen molar-refractivity contribution in [2.24, 2.45) is 0 Å². The molecule has 0 spiro atoms. The van der Waals surface area contributed by atoms with Crippen LogP contribution in [-0.2, 0) is 0 Å². The van der Waals surface area contributed by atoms with Crippen LogP contribution in [0.5, 0.6) is 0 Å². The smallest absolute Gasteiger partial charge is 0.0815 e. The summed E-state index contributed by atoms with van der Waals surface area (Å²) in [6.45, 7) is 0. The second-order valence-electron chi connectivity index (χ2n) is 16.5. The van der Waals surface area contributed by atoms with Crippen LogP contribution in [0.25, 0.3) is 95.4 Å². The van der Waals surface area contributed by atoms with Crippen molar-refractivity contribution in [1.82, 2.24) is 15.2 Å². The normalized spacial score (nSPS) is 16.9. The topological polar surface area (TPSA) is 43.1 Å². The lowest BCUT2D eigenvalue weighted by molar-refractivity contribution is 0.317. The van der Waals surface area contributed by atoms with Crippen LogP contribution in [0.15, 0.2) is 206 Å². The summed E-state index contributed by atoms with van der Waals surface area (Å²) in [5.74, 6) is 0. The molecular weight excluding hydrogens is 805 g/mol. The maximum atomic E-state index is 5.84. The van der Waals surface area contributed by atoms with Crippen molar-refractivity contribution in [1.29, 1.82) is 0 Å². The van der Waals surface area contributed by atoms with E-state index in [-0.39, 0.29) is 18.5 Å². The molecule has 4 heterocycles. The molecule has 2 N–H and O–H groups in total. The summed E-state index contributed by atoms with van der Waals surface area (Å²) in [5, 5.41) is 21.6. The number of thiophene rings is 2. The first-order valence-electron chi connectivity index (χ1n) is 21.5. The summed E-state index contributed by atoms with van der Waals surface area (Å²) >= 11 is 3.82. The zero-order valence-corrected chi connectivity index (χ0v) is 35.7. The fourth-order valence-electron chi connectivity index (χ4n) is 9.91. The molecular formula is C57H39N4S2-. The van der Waals surface area contributed by atoms with Gasteiger partial charge in [-0.2, -0.15) is 0 Å². The van der Waals surface area contributed by atoms with Gasteiger partial charge in [-0.25, -0.2) is 0 Å². The fraction of sp³-hybridized carbons (Fsp3) is 0.0526. The number of aromatic nitrogens is 1. The van der Waals surface area contributed by atoms with E-state index in [1.54, 1.807) is 0 Å². The highest BCUT2D eigenvalue weighted by Gasteiger charge is 2.27. The van der Waals surface area contributed by atoms with Gasteiger partial charge in [-0.3, -0.25) is 0 Å². The van der Waals surface area contributed by atoms with Crippen molar-refractivity contribution in [3.63, 3.8) is 0 Å². The van der Waals surface area contributed by atoms with Crippen molar-refractivity contribution < 1.29 is 0 Å². The van der Waals surface area contributed by atoms with Crippen LogP contribution >= 0.6 is 22.7 Å². The maximum absolute atomic E-state index is 5.84. The predicted octanol–water partition coefficient (Wildman–Crippen LogP) is 15.8. The molecule has 300 valence electrons. The molecule has 3 aromatic heterocycles. The Bertz CT molecular complexity index is 3640. The number of benzene rings is 9. The van der Waals surface area contributed by atoms with Crippen molar-refractivity contribution in [3.05, 3.63) is 228 Å². The highest BCUT2D eigenvalue weighted by atomic mass is 32.1. The van der Waals surface area contributed by atoms with Crippen molar-refractivity contribution in [2.45, 2.75) is 18.5 Å². The Morgan fingerprint density at radius 2 is 0.952 bits per heavy atom. The van der Waals surface area contributed by atoms with Gasteiger partial charge in [-0.15, -0.1) is 22.7 Å². The third kappa shape index (κ3) is 6.06. The molecule has 6 heteroatoms. The second kappa shape index (κ2) is 14.9. The number of para-hydroxylation sites is 3. The summed E-state index contributed by atoms with van der Waals surface area (Å²) < 4.78 is 7.71. The van der Waals surface area contributed by atoms with E-state index in [1.165, 1.54) is 90.0 Å². The lowest BCUT2D eigenvalue weighted by atomic mass is 9.96. The fourth-order valence-corrected chi connectivity index (χ4v) is 12.6. The lowest BCUT2D eigenvalue weighted by Gasteiger charge is -2.51. The SMILES string of the molecule is c1ccc(-c2cccc(C3NC(c4ccccc4-n4c5ccccc5c5ccccc54)[N-]C(c4cc(-c5ccccc5)cc5c4sc4c5ccc5c6ccccc6sc54)N3)c2)cc1. The van der Waals surface area contributed by atoms with Gasteiger partial charge in [0, 0.05) is 47.4 Å². The molecule has 13 rings (SSSR count). The standard InChI is InChI=1S/C57H39N4S2/c1-3-16-35(17-4-1)37-20-15-21-38(32-37)55-58-56(45-25-9-13-28-50(45)61-48-26-11-7-22-40(48)41-23-8-12-27-49(41)61)60-57(59-55)47-34-39(36-18-5-2-6-19-36)33-46-44-31-30-43-42-24-10-14-29-51(42)62-53(43)54(44)63-52(46)47/h1-34,55-59H/q-1. The zero-order valence-electron chi connectivity index (χ0n) is 34.1. The molecule has 3 unspecified atom stereocenters. The summed E-state index contributed by atoms with van der Waals surface area (Å²) in [7, 11) is 0. The van der Waals surface area contributed by atoms with Crippen LogP contribution < -0.4 is 10.6 Å². The van der Waals surface area contributed by atoms with Gasteiger partial charge in [-0.1, -0.05) is 176 Å². The summed E-state index contributed by atoms with van der Waals surface area (Å²) in [5.41, 5.74) is 11.7. The molecule has 0 aliphatic carbocycles. The first-order valence-corrected chi connectivity index (χ1v) is 23.2. The van der Waals surface area contributed by atoms with E-state index in [1.807, 2.05) is 22.7 Å². The van der Waals surface area contributed by atoms with E-state index in [2.05, 4.69) is 221 Å². The molecule has 0 bridgehead atoms. The van der Waals surface area contributed by atoms with Crippen LogP contribution in [0.2, 0.25) is 0 Å². The highest BCUT2D eigenvalue weighted by Crippen LogP contribution is 2.50. The predicted molar refractivity (Wildman–Crippen MR) is 268 cm³/mol. The quantitative estimate of drug-likeness (QED) is 0.175. The van der Waals surface area contributed by atoms with Crippen molar-refractivity contribution in [2.75, 3.05) is 0 Å². The monoisotopic (exact) mass is 843 g/mol. The first-order chi connectivity index (χ1) is 31.2. The minimum atomic E-state index is -0.350. The van der Waals surface area contributed by atoms with E-state index in [0.29, 0.717) is 0 Å². The molecule has 63 heavy (non-hydrogen) atoms. The Morgan fingerprint density at radius 1 is 0.381 bits per heavy atom. The Labute approximate surface area is 372 Å². The average Bonchev–Trinajstić information content (AvgIpc) is 4.04. The van der Waals surface area contributed by atoms with Crippen LogP contribution in [0.4, 0.5) is 0 Å². The number of nitrogens with one attached hydrogen (secondary N) is 2. The van der Waals surface area contributed by atoms with Crippen molar-refractivity contribution in [3.8, 4) is 27.9 Å². The largest absolute Gasteiger partial charge is 0.624 e. The molecule has 0 amide bonds. The third-order valence-electron chi connectivity index (χ3n) is 12.8. The number of rotatable bonds is 6. The van der Waals surface area contributed by atoms with E-state index in [0.717, 1.165) is 16.8 Å². The van der Waals surface area contributed by atoms with Gasteiger partial charge in [0.15, 0.2) is 0 Å². The van der Waals surface area contributed by atoms with Gasteiger partial charge in [0.2, 0.25) is 0 Å². The van der Waals surface area contributed by atoms with Crippen LogP contribution in [0.1, 0.15) is 35.2 Å². The molecule has 9 aromatic carbocycles. The summed E-state index contributed by atoms with van der Waals surface area (Å²) in [6.07, 6.45) is -0.909. The highest BCUT2D eigenvalue weighted by molar-refractivity contribution is 7.33. The van der Waals surface area contributed by atoms with Gasteiger partial charge < -0.3 is 20.5 Å². The van der Waals surface area contributed by atoms with E-state index in [4.69, 9.17) is 5.32 Å². The Morgan fingerprint density at radius 3 is 1.70 bits per heavy atom. The Balaban J connectivity index is 1.03. The number of hydrogen-bond donors (Lipinski definition) is 2. The minimum absolute atomic E-state index is 0.216. The van der Waals surface area contributed by atoms with Crippen LogP contribution in [0, 0.1) is 0 Å². The van der Waals surface area contributed by atoms with E-state index in [9.17, 15) is 0 Å². The van der Waals surface area contributed by atoms with Gasteiger partial charge in [-0.05, 0) is 81.4 Å². The minimum Gasteiger partial charge on any atom is -0.624 e. The first kappa shape index (κ1) is 36.7. The van der Waals surface area contributed by atoms with Crippen molar-refractivity contribution >= 4 is 84.8 Å². The van der Waals surface area contributed by atoms with Gasteiger partial charge in [0.05, 0.1) is 26.6 Å². The molecule has 3 atom stereocenters. The Hall–Kier alpha value is -6.90. The Kier molecular flexibility index (Phi) is 8.68. The molecule has 1 aliphatic rings. The van der Waals surface area contributed by atoms with E-state index >= 15 is 0 Å². The molecule has 0 saturated carbocycles. The van der Waals surface area contributed by atoms with Gasteiger partial charge >= 0.3 is 0 Å². The molecule has 1 aliphatic heterocycles. The second-order valence-corrected chi connectivity index (χ2v) is 18.5. The summed E-state index contributed by atoms with van der Waals surface area (Å²) in [4.78, 5) is 0. The van der Waals surface area contributed by atoms with Gasteiger partial charge in [0.1, 0.15) is 0 Å². The van der Waals surface area contributed by atoms with Gasteiger partial charge in [0.25, 0.3) is 0 Å². The lowest BCUT2D eigenvalue weighted by Crippen LogP contribution is -2.44. The van der Waals surface area contributed by atoms with Crippen LogP contribution in [-0.4, -0.2) is 4.57 Å². The summed E-state index contributed by atoms with van der Waals surface area (Å²) in [6, 6.07) is 75.0. The van der Waals surface area contributed by atoms with E-state index < -0.39 is 0 Å². The number of nitrogens with zero attached hydrogens (tertiary/aromatic N) is 2. The molecule has 4 nitrogen and oxygen atoms in total. The molecule has 1 saturated heterocycles.